The topological polar surface area (TPSA) is 73.7 Å². The molecule has 1 aromatic rings. The zero-order valence-corrected chi connectivity index (χ0v) is 16.7. The van der Waals surface area contributed by atoms with Gasteiger partial charge in [-0.15, -0.1) is 0 Å². The van der Waals surface area contributed by atoms with Crippen LogP contribution in [-0.2, 0) is 11.8 Å². The second kappa shape index (κ2) is 8.73. The molecule has 150 valence electrons. The molecule has 0 saturated carbocycles. The molecule has 0 radical (unpaired) electrons. The molecule has 0 aromatic carbocycles. The molecule has 0 aliphatic carbocycles. The summed E-state index contributed by atoms with van der Waals surface area (Å²) in [4.78, 5) is 35.4. The van der Waals surface area contributed by atoms with Gasteiger partial charge in [0.25, 0.3) is 0 Å². The van der Waals surface area contributed by atoms with Gasteiger partial charge < -0.3 is 19.7 Å². The van der Waals surface area contributed by atoms with Crippen LogP contribution in [0.3, 0.4) is 0 Å². The lowest BCUT2D eigenvalue weighted by molar-refractivity contribution is -0.131. The molecule has 0 spiro atoms. The predicted octanol–water partition coefficient (Wildman–Crippen LogP) is 1.07. The van der Waals surface area contributed by atoms with Crippen molar-refractivity contribution in [1.82, 2.24) is 29.6 Å². The van der Waals surface area contributed by atoms with Gasteiger partial charge >= 0.3 is 6.03 Å². The van der Waals surface area contributed by atoms with E-state index in [-0.39, 0.29) is 23.9 Å². The zero-order chi connectivity index (χ0) is 19.4. The van der Waals surface area contributed by atoms with Gasteiger partial charge in [-0.2, -0.15) is 0 Å². The van der Waals surface area contributed by atoms with Gasteiger partial charge in [-0.25, -0.2) is 9.78 Å². The number of amides is 3. The average Bonchev–Trinajstić information content (AvgIpc) is 3.32. The molecule has 3 rings (SSSR count). The van der Waals surface area contributed by atoms with E-state index in [4.69, 9.17) is 0 Å². The summed E-state index contributed by atoms with van der Waals surface area (Å²) in [7, 11) is 1.94. The highest BCUT2D eigenvalue weighted by Crippen LogP contribution is 2.20. The highest BCUT2D eigenvalue weighted by Gasteiger charge is 2.28. The van der Waals surface area contributed by atoms with E-state index < -0.39 is 0 Å². The molecule has 1 aromatic heterocycles. The van der Waals surface area contributed by atoms with Crippen LogP contribution in [0.5, 0.6) is 0 Å². The van der Waals surface area contributed by atoms with Gasteiger partial charge in [-0.3, -0.25) is 9.69 Å². The molecule has 3 heterocycles. The standard InChI is InChI=1S/C19H32N6O2/c1-15(2)17(18-20-6-9-22(18)3)21-19(27)25-12-10-23(11-13-25)14-16(26)24-7-4-5-8-24/h6,9,15,17H,4-5,7-8,10-14H2,1-3H3,(H,21,27). The molecule has 1 atom stereocenters. The number of nitrogens with zero attached hydrogens (tertiary/aromatic N) is 5. The van der Waals surface area contributed by atoms with E-state index >= 15 is 0 Å². The number of nitrogens with one attached hydrogen (secondary N) is 1. The number of carbonyl (C=O) groups excluding carboxylic acids is 2. The molecule has 2 fully saturated rings. The van der Waals surface area contributed by atoms with Crippen molar-refractivity contribution >= 4 is 11.9 Å². The first kappa shape index (κ1) is 19.7. The Kier molecular flexibility index (Phi) is 6.36. The largest absolute Gasteiger partial charge is 0.342 e. The zero-order valence-electron chi connectivity index (χ0n) is 16.7. The summed E-state index contributed by atoms with van der Waals surface area (Å²) >= 11 is 0. The van der Waals surface area contributed by atoms with Gasteiger partial charge in [-0.1, -0.05) is 13.8 Å². The Bertz CT molecular complexity index is 644. The third-order valence-corrected chi connectivity index (χ3v) is 5.56. The van der Waals surface area contributed by atoms with Crippen LogP contribution in [0.2, 0.25) is 0 Å². The molecule has 1 N–H and O–H groups in total. The van der Waals surface area contributed by atoms with Crippen LogP contribution in [0, 0.1) is 5.92 Å². The van der Waals surface area contributed by atoms with Crippen LogP contribution in [0.4, 0.5) is 4.79 Å². The Morgan fingerprint density at radius 2 is 1.74 bits per heavy atom. The van der Waals surface area contributed by atoms with Gasteiger partial charge in [0.1, 0.15) is 5.82 Å². The minimum absolute atomic E-state index is 0.0535. The molecular weight excluding hydrogens is 344 g/mol. The highest BCUT2D eigenvalue weighted by atomic mass is 16.2. The van der Waals surface area contributed by atoms with Crippen molar-refractivity contribution < 1.29 is 9.59 Å². The minimum Gasteiger partial charge on any atom is -0.342 e. The summed E-state index contributed by atoms with van der Waals surface area (Å²) in [6, 6.07) is -0.172. The van der Waals surface area contributed by atoms with Crippen molar-refractivity contribution in [1.29, 1.82) is 0 Å². The van der Waals surface area contributed by atoms with Crippen molar-refractivity contribution in [3.63, 3.8) is 0 Å². The third-order valence-electron chi connectivity index (χ3n) is 5.56. The molecule has 27 heavy (non-hydrogen) atoms. The molecule has 2 saturated heterocycles. The first-order chi connectivity index (χ1) is 13.0. The fourth-order valence-corrected chi connectivity index (χ4v) is 3.80. The van der Waals surface area contributed by atoms with Crippen LogP contribution in [0.25, 0.3) is 0 Å². The Labute approximate surface area is 161 Å². The summed E-state index contributed by atoms with van der Waals surface area (Å²) < 4.78 is 1.95. The number of piperazine rings is 1. The van der Waals surface area contributed by atoms with E-state index in [1.807, 2.05) is 27.6 Å². The number of hydrogen-bond donors (Lipinski definition) is 1. The van der Waals surface area contributed by atoms with Crippen molar-refractivity contribution in [2.24, 2.45) is 13.0 Å². The Morgan fingerprint density at radius 3 is 2.30 bits per heavy atom. The van der Waals surface area contributed by atoms with Gasteiger partial charge in [0.2, 0.25) is 5.91 Å². The summed E-state index contributed by atoms with van der Waals surface area (Å²) in [6.07, 6.45) is 5.89. The van der Waals surface area contributed by atoms with E-state index in [2.05, 4.69) is 29.0 Å². The Hall–Kier alpha value is -2.09. The van der Waals surface area contributed by atoms with Gasteiger partial charge in [0, 0.05) is 58.7 Å². The van der Waals surface area contributed by atoms with Crippen molar-refractivity contribution in [3.8, 4) is 0 Å². The fourth-order valence-electron chi connectivity index (χ4n) is 3.80. The lowest BCUT2D eigenvalue weighted by Crippen LogP contribution is -2.54. The van der Waals surface area contributed by atoms with Gasteiger partial charge in [0.05, 0.1) is 12.6 Å². The first-order valence-electron chi connectivity index (χ1n) is 9.98. The monoisotopic (exact) mass is 376 g/mol. The third kappa shape index (κ3) is 4.80. The van der Waals surface area contributed by atoms with E-state index in [0.717, 1.165) is 44.8 Å². The molecule has 1 unspecified atom stereocenters. The molecular formula is C19H32N6O2. The summed E-state index contributed by atoms with van der Waals surface area (Å²) in [5.41, 5.74) is 0. The van der Waals surface area contributed by atoms with Crippen molar-refractivity contribution in [2.75, 3.05) is 45.8 Å². The van der Waals surface area contributed by atoms with Crippen LogP contribution < -0.4 is 5.32 Å². The molecule has 0 bridgehead atoms. The smallest absolute Gasteiger partial charge is 0.318 e. The normalized spacial score (nSPS) is 19.6. The van der Waals surface area contributed by atoms with Crippen molar-refractivity contribution in [2.45, 2.75) is 32.7 Å². The number of hydrogen-bond acceptors (Lipinski definition) is 4. The average molecular weight is 377 g/mol. The molecule has 8 heteroatoms. The molecule has 3 amide bonds. The Balaban J connectivity index is 1.49. The van der Waals surface area contributed by atoms with E-state index in [1.54, 1.807) is 6.20 Å². The van der Waals surface area contributed by atoms with Crippen molar-refractivity contribution in [3.05, 3.63) is 18.2 Å². The lowest BCUT2D eigenvalue weighted by Gasteiger charge is -2.36. The van der Waals surface area contributed by atoms with E-state index in [1.165, 1.54) is 0 Å². The maximum absolute atomic E-state index is 12.7. The molecule has 2 aliphatic rings. The van der Waals surface area contributed by atoms with Gasteiger partial charge in [-0.05, 0) is 18.8 Å². The predicted molar refractivity (Wildman–Crippen MR) is 103 cm³/mol. The Morgan fingerprint density at radius 1 is 1.07 bits per heavy atom. The minimum atomic E-state index is -0.118. The summed E-state index contributed by atoms with van der Waals surface area (Å²) in [5.74, 6) is 1.34. The van der Waals surface area contributed by atoms with Crippen LogP contribution in [0.1, 0.15) is 38.6 Å². The number of aryl methyl sites for hydroxylation is 1. The number of aromatic nitrogens is 2. The molecule has 2 aliphatic heterocycles. The van der Waals surface area contributed by atoms with E-state index in [9.17, 15) is 9.59 Å². The first-order valence-corrected chi connectivity index (χ1v) is 9.98. The number of rotatable bonds is 5. The number of carbonyl (C=O) groups is 2. The quantitative estimate of drug-likeness (QED) is 0.834. The SMILES string of the molecule is CC(C)C(NC(=O)N1CCN(CC(=O)N2CCCC2)CC1)c1nccn1C. The maximum atomic E-state index is 12.7. The number of likely N-dealkylation sites (tertiary alicyclic amines) is 1. The fraction of sp³-hybridized carbons (Fsp3) is 0.737. The lowest BCUT2D eigenvalue weighted by atomic mass is 10.0. The maximum Gasteiger partial charge on any atom is 0.318 e. The highest BCUT2D eigenvalue weighted by molar-refractivity contribution is 5.78. The number of urea groups is 1. The van der Waals surface area contributed by atoms with E-state index in [0.29, 0.717) is 19.6 Å². The van der Waals surface area contributed by atoms with Crippen LogP contribution in [-0.4, -0.2) is 82.0 Å². The molecule has 8 nitrogen and oxygen atoms in total. The number of imidazole rings is 1. The summed E-state index contributed by atoms with van der Waals surface area (Å²) in [5, 5.41) is 3.14. The van der Waals surface area contributed by atoms with Gasteiger partial charge in [0.15, 0.2) is 0 Å². The second-order valence-corrected chi connectivity index (χ2v) is 7.92. The van der Waals surface area contributed by atoms with Crippen LogP contribution >= 0.6 is 0 Å². The summed E-state index contributed by atoms with van der Waals surface area (Å²) in [6.45, 7) is 9.19. The van der Waals surface area contributed by atoms with Crippen LogP contribution in [0.15, 0.2) is 12.4 Å². The second-order valence-electron chi connectivity index (χ2n) is 7.92.